The van der Waals surface area contributed by atoms with Crippen LogP contribution in [-0.4, -0.2) is 23.2 Å². The molecule has 3 nitrogen and oxygen atoms in total. The fourth-order valence-corrected chi connectivity index (χ4v) is 7.34. The minimum absolute atomic E-state index is 0.0641. The van der Waals surface area contributed by atoms with Crippen LogP contribution in [0.5, 0.6) is 0 Å². The molecule has 0 aromatic heterocycles. The van der Waals surface area contributed by atoms with Crippen LogP contribution in [0.1, 0.15) is 72.6 Å². The molecule has 1 aliphatic heterocycles. The lowest BCUT2D eigenvalue weighted by atomic mass is 9.41. The second-order valence-corrected chi connectivity index (χ2v) is 10.1. The third-order valence-electron chi connectivity index (χ3n) is 8.75. The summed E-state index contributed by atoms with van der Waals surface area (Å²) in [6.07, 6.45) is 7.81. The first-order valence-electron chi connectivity index (χ1n) is 9.68. The second kappa shape index (κ2) is 4.74. The molecule has 23 heavy (non-hydrogen) atoms. The molecule has 4 aliphatic rings. The summed E-state index contributed by atoms with van der Waals surface area (Å²) in [4.78, 5) is 12.0. The first kappa shape index (κ1) is 15.9. The van der Waals surface area contributed by atoms with E-state index in [4.69, 9.17) is 0 Å². The Balaban J connectivity index is 1.78. The molecule has 1 saturated heterocycles. The first-order valence-corrected chi connectivity index (χ1v) is 9.68. The lowest BCUT2D eigenvalue weighted by molar-refractivity contribution is -0.201. The normalized spacial score (nSPS) is 54.7. The van der Waals surface area contributed by atoms with E-state index in [-0.39, 0.29) is 22.8 Å². The first-order chi connectivity index (χ1) is 10.7. The number of carbonyl (C=O) groups is 1. The third-order valence-corrected chi connectivity index (χ3v) is 8.75. The van der Waals surface area contributed by atoms with Gasteiger partial charge in [0.1, 0.15) is 0 Å². The van der Waals surface area contributed by atoms with E-state index in [1.54, 1.807) is 0 Å². The maximum absolute atomic E-state index is 12.0. The van der Waals surface area contributed by atoms with Crippen LogP contribution in [0.2, 0.25) is 0 Å². The van der Waals surface area contributed by atoms with E-state index in [9.17, 15) is 9.90 Å². The second-order valence-electron chi connectivity index (χ2n) is 10.1. The van der Waals surface area contributed by atoms with Crippen LogP contribution in [0.3, 0.4) is 0 Å². The van der Waals surface area contributed by atoms with E-state index >= 15 is 0 Å². The molecular formula is C20H33NO2. The molecule has 3 heteroatoms. The third kappa shape index (κ3) is 1.95. The van der Waals surface area contributed by atoms with Crippen molar-refractivity contribution in [2.75, 3.05) is 0 Å². The van der Waals surface area contributed by atoms with Crippen molar-refractivity contribution in [3.63, 3.8) is 0 Å². The molecule has 3 aliphatic carbocycles. The molecule has 0 bridgehead atoms. The standard InChI is InChI=1S/C20H33NO2/c1-18(2)15-12-6-5-9-19(12,3)10-7-13(15)20(4)11-8-14(22)21-16(20)17(18)23/h12-13,15-17,23H,5-11H2,1-4H3,(H,21,22)/t12-,13+,15-,16?,17?,19-,20+/m0/s1. The summed E-state index contributed by atoms with van der Waals surface area (Å²) >= 11 is 0. The van der Waals surface area contributed by atoms with Gasteiger partial charge in [-0.15, -0.1) is 0 Å². The number of nitrogens with one attached hydrogen (secondary N) is 1. The van der Waals surface area contributed by atoms with Gasteiger partial charge < -0.3 is 10.4 Å². The zero-order valence-corrected chi connectivity index (χ0v) is 15.2. The molecule has 4 fully saturated rings. The highest BCUT2D eigenvalue weighted by atomic mass is 16.3. The predicted octanol–water partition coefficient (Wildman–Crippen LogP) is 3.50. The van der Waals surface area contributed by atoms with Crippen molar-refractivity contribution < 1.29 is 9.90 Å². The molecular weight excluding hydrogens is 286 g/mol. The van der Waals surface area contributed by atoms with Gasteiger partial charge in [-0.3, -0.25) is 4.79 Å². The Morgan fingerprint density at radius 1 is 1.04 bits per heavy atom. The Kier molecular flexibility index (Phi) is 3.28. The fourth-order valence-electron chi connectivity index (χ4n) is 7.34. The smallest absolute Gasteiger partial charge is 0.220 e. The summed E-state index contributed by atoms with van der Waals surface area (Å²) in [7, 11) is 0. The van der Waals surface area contributed by atoms with Crippen molar-refractivity contribution in [2.24, 2.45) is 34.0 Å². The molecule has 2 N–H and O–H groups in total. The summed E-state index contributed by atoms with van der Waals surface area (Å²) in [5.41, 5.74) is 0.437. The molecule has 130 valence electrons. The van der Waals surface area contributed by atoms with Crippen molar-refractivity contribution in [1.82, 2.24) is 5.32 Å². The van der Waals surface area contributed by atoms with Crippen molar-refractivity contribution in [3.8, 4) is 0 Å². The van der Waals surface area contributed by atoms with Crippen molar-refractivity contribution in [3.05, 3.63) is 0 Å². The van der Waals surface area contributed by atoms with Crippen LogP contribution in [0.15, 0.2) is 0 Å². The molecule has 4 rings (SSSR count). The summed E-state index contributed by atoms with van der Waals surface area (Å²) < 4.78 is 0. The van der Waals surface area contributed by atoms with Crippen LogP contribution < -0.4 is 5.32 Å². The molecule has 0 spiro atoms. The molecule has 3 saturated carbocycles. The van der Waals surface area contributed by atoms with E-state index in [0.29, 0.717) is 23.7 Å². The number of carbonyl (C=O) groups excluding carboxylic acids is 1. The maximum atomic E-state index is 12.0. The molecule has 7 atom stereocenters. The quantitative estimate of drug-likeness (QED) is 0.718. The van der Waals surface area contributed by atoms with Crippen molar-refractivity contribution in [1.29, 1.82) is 0 Å². The van der Waals surface area contributed by atoms with Gasteiger partial charge in [-0.2, -0.15) is 0 Å². The number of aliphatic hydroxyl groups is 1. The zero-order chi connectivity index (χ0) is 16.6. The summed E-state index contributed by atoms with van der Waals surface area (Å²) in [6.45, 7) is 9.38. The Hall–Kier alpha value is -0.570. The summed E-state index contributed by atoms with van der Waals surface area (Å²) in [6, 6.07) is -0.0641. The minimum Gasteiger partial charge on any atom is -0.390 e. The SMILES string of the molecule is CC1(C)C(O)C2NC(=O)CC[C@]2(C)[C@@H]2CC[C@]3(C)CCC[C@H]3[C@@H]21. The highest BCUT2D eigenvalue weighted by molar-refractivity contribution is 5.77. The summed E-state index contributed by atoms with van der Waals surface area (Å²) in [5.74, 6) is 2.11. The van der Waals surface area contributed by atoms with E-state index < -0.39 is 6.10 Å². The molecule has 0 aromatic rings. The Morgan fingerprint density at radius 2 is 1.78 bits per heavy atom. The number of aliphatic hydroxyl groups excluding tert-OH is 1. The van der Waals surface area contributed by atoms with Gasteiger partial charge in [0.15, 0.2) is 0 Å². The van der Waals surface area contributed by atoms with Gasteiger partial charge in [-0.1, -0.05) is 34.1 Å². The van der Waals surface area contributed by atoms with Gasteiger partial charge in [0, 0.05) is 6.42 Å². The van der Waals surface area contributed by atoms with Crippen molar-refractivity contribution in [2.45, 2.75) is 84.8 Å². The van der Waals surface area contributed by atoms with Crippen molar-refractivity contribution >= 4 is 5.91 Å². The van der Waals surface area contributed by atoms with Crippen LogP contribution >= 0.6 is 0 Å². The number of rotatable bonds is 0. The average molecular weight is 319 g/mol. The predicted molar refractivity (Wildman–Crippen MR) is 90.7 cm³/mol. The van der Waals surface area contributed by atoms with Gasteiger partial charge in [-0.25, -0.2) is 0 Å². The number of hydrogen-bond donors (Lipinski definition) is 2. The Morgan fingerprint density at radius 3 is 2.52 bits per heavy atom. The van der Waals surface area contributed by atoms with Crippen LogP contribution in [0.25, 0.3) is 0 Å². The van der Waals surface area contributed by atoms with E-state index in [1.807, 2.05) is 0 Å². The molecule has 1 amide bonds. The highest BCUT2D eigenvalue weighted by Crippen LogP contribution is 2.68. The van der Waals surface area contributed by atoms with E-state index in [1.165, 1.54) is 32.1 Å². The lowest BCUT2D eigenvalue weighted by Crippen LogP contribution is -2.71. The van der Waals surface area contributed by atoms with Crippen LogP contribution in [0, 0.1) is 34.0 Å². The minimum atomic E-state index is -0.430. The number of hydrogen-bond acceptors (Lipinski definition) is 2. The maximum Gasteiger partial charge on any atom is 0.220 e. The average Bonchev–Trinajstić information content (AvgIpc) is 2.88. The van der Waals surface area contributed by atoms with Gasteiger partial charge in [-0.05, 0) is 66.1 Å². The van der Waals surface area contributed by atoms with Crippen LogP contribution in [0.4, 0.5) is 0 Å². The van der Waals surface area contributed by atoms with E-state index in [2.05, 4.69) is 33.0 Å². The van der Waals surface area contributed by atoms with Gasteiger partial charge in [0.25, 0.3) is 0 Å². The Bertz CT molecular complexity index is 530. The summed E-state index contributed by atoms with van der Waals surface area (Å²) in [5, 5.41) is 14.4. The largest absolute Gasteiger partial charge is 0.390 e. The highest BCUT2D eigenvalue weighted by Gasteiger charge is 2.66. The van der Waals surface area contributed by atoms with Gasteiger partial charge in [0.2, 0.25) is 5.91 Å². The topological polar surface area (TPSA) is 49.3 Å². The number of piperidine rings is 1. The molecule has 2 unspecified atom stereocenters. The Labute approximate surface area is 140 Å². The lowest BCUT2D eigenvalue weighted by Gasteiger charge is -2.66. The molecule has 0 radical (unpaired) electrons. The molecule has 1 heterocycles. The zero-order valence-electron chi connectivity index (χ0n) is 15.2. The van der Waals surface area contributed by atoms with E-state index in [0.717, 1.165) is 12.3 Å². The number of amides is 1. The van der Waals surface area contributed by atoms with Gasteiger partial charge in [0.05, 0.1) is 12.1 Å². The van der Waals surface area contributed by atoms with Crippen LogP contribution in [-0.2, 0) is 4.79 Å². The fraction of sp³-hybridized carbons (Fsp3) is 0.950. The number of fused-ring (bicyclic) bond motifs is 5. The van der Waals surface area contributed by atoms with Gasteiger partial charge >= 0.3 is 0 Å². The monoisotopic (exact) mass is 319 g/mol. The molecule has 0 aromatic carbocycles.